The zero-order valence-electron chi connectivity index (χ0n) is 18.1. The van der Waals surface area contributed by atoms with Gasteiger partial charge in [-0.1, -0.05) is 6.07 Å². The van der Waals surface area contributed by atoms with Crippen LogP contribution in [0.15, 0.2) is 28.1 Å². The smallest absolute Gasteiger partial charge is 0.419 e. The number of aromatic nitrogens is 2. The molecule has 34 heavy (non-hydrogen) atoms. The molecule has 7 nitrogen and oxygen atoms in total. The fourth-order valence-electron chi connectivity index (χ4n) is 4.15. The van der Waals surface area contributed by atoms with Crippen LogP contribution in [0.1, 0.15) is 31.9 Å². The summed E-state index contributed by atoms with van der Waals surface area (Å²) in [4.78, 5) is 10.3. The summed E-state index contributed by atoms with van der Waals surface area (Å²) in [5, 5.41) is 15.2. The quantitative estimate of drug-likeness (QED) is 0.479. The van der Waals surface area contributed by atoms with Crippen molar-refractivity contribution in [1.82, 2.24) is 15.3 Å². The van der Waals surface area contributed by atoms with E-state index in [-0.39, 0.29) is 29.2 Å². The third kappa shape index (κ3) is 4.04. The number of piperidine rings is 1. The van der Waals surface area contributed by atoms with Crippen molar-refractivity contribution in [1.29, 1.82) is 0 Å². The topological polar surface area (TPSA) is 83.7 Å². The highest BCUT2D eigenvalue weighted by Gasteiger charge is 2.55. The Kier molecular flexibility index (Phi) is 5.39. The Balaban J connectivity index is 1.64. The van der Waals surface area contributed by atoms with Gasteiger partial charge in [-0.3, -0.25) is 0 Å². The highest BCUT2D eigenvalue weighted by molar-refractivity contribution is 7.13. The molecule has 0 aliphatic carbocycles. The lowest BCUT2D eigenvalue weighted by Gasteiger charge is -2.47. The molecule has 3 aliphatic heterocycles. The number of ether oxygens (including phenoxy) is 1. The van der Waals surface area contributed by atoms with E-state index in [9.17, 15) is 27.1 Å². The van der Waals surface area contributed by atoms with Crippen molar-refractivity contribution in [3.63, 3.8) is 0 Å². The van der Waals surface area contributed by atoms with Crippen molar-refractivity contribution in [2.45, 2.75) is 56.3 Å². The van der Waals surface area contributed by atoms with Crippen LogP contribution in [-0.4, -0.2) is 58.1 Å². The second-order valence-electron chi connectivity index (χ2n) is 9.03. The number of alkyl halides is 5. The highest BCUT2D eigenvalue weighted by Crippen LogP contribution is 2.46. The first-order chi connectivity index (χ1) is 15.8. The molecule has 3 fully saturated rings. The van der Waals surface area contributed by atoms with Crippen LogP contribution in [0.5, 0.6) is 0 Å². The van der Waals surface area contributed by atoms with Crippen molar-refractivity contribution in [3.8, 4) is 10.6 Å². The van der Waals surface area contributed by atoms with Gasteiger partial charge in [-0.2, -0.15) is 26.9 Å². The SMILES string of the molecule is CC(C)(O)C(F)(F)OC(c1ccc(-c2nccs2)c2oc(N3CC4CC(C3)N4)nc12)C(F)(F)F. The molecule has 6 rings (SSSR count). The van der Waals surface area contributed by atoms with E-state index in [1.54, 1.807) is 5.38 Å². The monoisotopic (exact) mass is 504 g/mol. The third-order valence-corrected chi connectivity index (χ3v) is 6.78. The largest absolute Gasteiger partial charge is 0.423 e. The number of hydrogen-bond donors (Lipinski definition) is 2. The van der Waals surface area contributed by atoms with Gasteiger partial charge in [0.15, 0.2) is 11.7 Å². The molecular formula is C21H21F5N4O3S. The van der Waals surface area contributed by atoms with Crippen molar-refractivity contribution in [3.05, 3.63) is 29.3 Å². The number of aliphatic hydroxyl groups is 1. The molecule has 1 aromatic carbocycles. The number of fused-ring (bicyclic) bond motifs is 3. The molecule has 3 aliphatic rings. The first-order valence-corrected chi connectivity index (χ1v) is 11.4. The van der Waals surface area contributed by atoms with Crippen LogP contribution < -0.4 is 10.2 Å². The maximum Gasteiger partial charge on any atom is 0.419 e. The Labute approximate surface area is 194 Å². The number of halogens is 5. The summed E-state index contributed by atoms with van der Waals surface area (Å²) in [5.74, 6) is 0. The van der Waals surface area contributed by atoms with Gasteiger partial charge in [0.25, 0.3) is 6.01 Å². The minimum Gasteiger partial charge on any atom is -0.423 e. The number of anilines is 1. The van der Waals surface area contributed by atoms with Gasteiger partial charge in [-0.25, -0.2) is 4.98 Å². The lowest BCUT2D eigenvalue weighted by Crippen LogP contribution is -2.67. The molecular weight excluding hydrogens is 483 g/mol. The van der Waals surface area contributed by atoms with Crippen LogP contribution in [0.4, 0.5) is 28.0 Å². The molecule has 3 unspecified atom stereocenters. The number of nitrogens with one attached hydrogen (secondary N) is 1. The van der Waals surface area contributed by atoms with Gasteiger partial charge in [0.1, 0.15) is 16.1 Å². The average molecular weight is 504 g/mol. The van der Waals surface area contributed by atoms with E-state index in [0.29, 0.717) is 37.5 Å². The van der Waals surface area contributed by atoms with E-state index in [1.165, 1.54) is 23.6 Å². The second-order valence-corrected chi connectivity index (χ2v) is 9.92. The summed E-state index contributed by atoms with van der Waals surface area (Å²) >= 11 is 1.25. The molecule has 0 spiro atoms. The van der Waals surface area contributed by atoms with Gasteiger partial charge in [0.05, 0.1) is 5.56 Å². The van der Waals surface area contributed by atoms with Crippen molar-refractivity contribution >= 4 is 28.5 Å². The van der Waals surface area contributed by atoms with E-state index in [0.717, 1.165) is 12.5 Å². The fraction of sp³-hybridized carbons (Fsp3) is 0.524. The number of nitrogens with zero attached hydrogens (tertiary/aromatic N) is 3. The maximum atomic E-state index is 14.4. The molecule has 184 valence electrons. The Morgan fingerprint density at radius 2 is 1.88 bits per heavy atom. The predicted molar refractivity (Wildman–Crippen MR) is 114 cm³/mol. The Bertz CT molecular complexity index is 1180. The Morgan fingerprint density at radius 3 is 2.44 bits per heavy atom. The molecule has 3 saturated heterocycles. The molecule has 3 aromatic rings. The van der Waals surface area contributed by atoms with Crippen molar-refractivity contribution in [2.75, 3.05) is 18.0 Å². The van der Waals surface area contributed by atoms with Gasteiger partial charge in [0, 0.05) is 42.3 Å². The van der Waals surface area contributed by atoms with E-state index >= 15 is 0 Å². The van der Waals surface area contributed by atoms with Crippen LogP contribution in [0, 0.1) is 0 Å². The van der Waals surface area contributed by atoms with E-state index in [4.69, 9.17) is 4.42 Å². The van der Waals surface area contributed by atoms with E-state index < -0.39 is 29.6 Å². The van der Waals surface area contributed by atoms with Gasteiger partial charge in [-0.15, -0.1) is 11.3 Å². The van der Waals surface area contributed by atoms with Crippen LogP contribution in [0.2, 0.25) is 0 Å². The van der Waals surface area contributed by atoms with Crippen LogP contribution in [0.3, 0.4) is 0 Å². The zero-order chi connectivity index (χ0) is 24.5. The first kappa shape index (κ1) is 23.4. The fourth-order valence-corrected chi connectivity index (χ4v) is 4.81. The minimum atomic E-state index is -5.22. The van der Waals surface area contributed by atoms with E-state index in [1.807, 2.05) is 4.90 Å². The summed E-state index contributed by atoms with van der Waals surface area (Å²) < 4.78 is 81.0. The molecule has 2 aromatic heterocycles. The second kappa shape index (κ2) is 7.83. The Morgan fingerprint density at radius 1 is 1.21 bits per heavy atom. The Hall–Kier alpha value is -2.35. The van der Waals surface area contributed by atoms with Crippen molar-refractivity contribution in [2.24, 2.45) is 0 Å². The lowest BCUT2D eigenvalue weighted by atomic mass is 9.92. The lowest BCUT2D eigenvalue weighted by molar-refractivity contribution is -0.374. The van der Waals surface area contributed by atoms with Gasteiger partial charge < -0.3 is 24.5 Å². The average Bonchev–Trinajstić information content (AvgIpc) is 3.40. The first-order valence-electron chi connectivity index (χ1n) is 10.5. The van der Waals surface area contributed by atoms with Gasteiger partial charge in [-0.05, 0) is 26.3 Å². The third-order valence-electron chi connectivity index (χ3n) is 5.98. The van der Waals surface area contributed by atoms with Gasteiger partial charge in [0.2, 0.25) is 0 Å². The number of benzene rings is 1. The molecule has 0 amide bonds. The molecule has 3 atom stereocenters. The highest BCUT2D eigenvalue weighted by atomic mass is 32.1. The number of thiazole rings is 1. The number of piperazine rings is 1. The maximum absolute atomic E-state index is 14.4. The van der Waals surface area contributed by atoms with Gasteiger partial charge >= 0.3 is 12.3 Å². The van der Waals surface area contributed by atoms with Crippen molar-refractivity contribution < 1.29 is 36.2 Å². The summed E-state index contributed by atoms with van der Waals surface area (Å²) in [6.45, 7) is 2.46. The molecule has 0 radical (unpaired) electrons. The molecule has 5 heterocycles. The van der Waals surface area contributed by atoms with Crippen LogP contribution in [0.25, 0.3) is 21.7 Å². The summed E-state index contributed by atoms with van der Waals surface area (Å²) in [6.07, 6.45) is -10.3. The number of rotatable bonds is 6. The molecule has 0 saturated carbocycles. The standard InChI is InChI=1S/C21H21F5N4O3S/c1-19(2,31)21(25,26)33-16(20(22,23)24)12-3-4-13(17-27-5-6-34-17)15-14(12)29-18(32-15)30-8-10-7-11(9-30)28-10/h3-6,10-11,16,28,31H,7-9H2,1-2H3. The number of hydrogen-bond acceptors (Lipinski definition) is 8. The number of oxazole rings is 1. The normalized spacial score (nSPS) is 22.2. The van der Waals surface area contributed by atoms with Crippen LogP contribution >= 0.6 is 11.3 Å². The zero-order valence-corrected chi connectivity index (χ0v) is 18.9. The van der Waals surface area contributed by atoms with Crippen LogP contribution in [-0.2, 0) is 4.74 Å². The minimum absolute atomic E-state index is 0.000851. The summed E-state index contributed by atoms with van der Waals surface area (Å²) in [6, 6.07) is 2.92. The predicted octanol–water partition coefficient (Wildman–Crippen LogP) is 4.49. The molecule has 2 N–H and O–H groups in total. The summed E-state index contributed by atoms with van der Waals surface area (Å²) in [5.41, 5.74) is -3.35. The summed E-state index contributed by atoms with van der Waals surface area (Å²) in [7, 11) is 0. The molecule has 2 bridgehead atoms. The molecule has 13 heteroatoms. The van der Waals surface area contributed by atoms with E-state index in [2.05, 4.69) is 20.0 Å².